The van der Waals surface area contributed by atoms with Crippen molar-refractivity contribution < 1.29 is 14.7 Å². The van der Waals surface area contributed by atoms with Crippen LogP contribution in [0.3, 0.4) is 0 Å². The first-order chi connectivity index (χ1) is 8.84. The Morgan fingerprint density at radius 3 is 2.68 bits per heavy atom. The molecule has 1 aromatic heterocycles. The molecule has 2 N–H and O–H groups in total. The highest BCUT2D eigenvalue weighted by Gasteiger charge is 2.46. The fourth-order valence-electron chi connectivity index (χ4n) is 2.75. The summed E-state index contributed by atoms with van der Waals surface area (Å²) >= 11 is 1.58. The summed E-state index contributed by atoms with van der Waals surface area (Å²) in [4.78, 5) is 25.7. The molecule has 0 saturated heterocycles. The molecule has 19 heavy (non-hydrogen) atoms. The van der Waals surface area contributed by atoms with Gasteiger partial charge in [0.1, 0.15) is 0 Å². The molecule has 1 aromatic rings. The van der Waals surface area contributed by atoms with E-state index in [4.69, 9.17) is 0 Å². The molecular weight excluding hydrogens is 262 g/mol. The molecule has 1 saturated carbocycles. The molecule has 0 bridgehead atoms. The monoisotopic (exact) mass is 281 g/mol. The number of hydrogen-bond donors (Lipinski definition) is 2. The SMILES string of the molecule is Cc1cc(C(=O)NC2CCCC2(C)C(=O)O)c(C)s1. The van der Waals surface area contributed by atoms with Crippen molar-refractivity contribution in [3.05, 3.63) is 21.4 Å². The van der Waals surface area contributed by atoms with E-state index < -0.39 is 11.4 Å². The first-order valence-electron chi connectivity index (χ1n) is 6.46. The first kappa shape index (κ1) is 14.1. The van der Waals surface area contributed by atoms with Gasteiger partial charge in [0.05, 0.1) is 11.0 Å². The normalized spacial score (nSPS) is 26.4. The molecule has 1 aliphatic carbocycles. The maximum atomic E-state index is 12.2. The maximum absolute atomic E-state index is 12.2. The molecule has 5 heteroatoms. The summed E-state index contributed by atoms with van der Waals surface area (Å²) in [6.45, 7) is 5.60. The molecule has 104 valence electrons. The molecule has 0 aliphatic heterocycles. The molecule has 0 radical (unpaired) electrons. The van der Waals surface area contributed by atoms with Crippen molar-refractivity contribution in [3.8, 4) is 0 Å². The van der Waals surface area contributed by atoms with Crippen LogP contribution in [-0.4, -0.2) is 23.0 Å². The fraction of sp³-hybridized carbons (Fsp3) is 0.571. The lowest BCUT2D eigenvalue weighted by atomic mass is 9.85. The van der Waals surface area contributed by atoms with Gasteiger partial charge in [0.2, 0.25) is 0 Å². The van der Waals surface area contributed by atoms with Crippen LogP contribution < -0.4 is 5.32 Å². The number of rotatable bonds is 3. The van der Waals surface area contributed by atoms with Crippen LogP contribution in [0.25, 0.3) is 0 Å². The Hall–Kier alpha value is -1.36. The number of carbonyl (C=O) groups excluding carboxylic acids is 1. The third-order valence-corrected chi connectivity index (χ3v) is 5.00. The summed E-state index contributed by atoms with van der Waals surface area (Å²) in [6, 6.07) is 1.58. The van der Waals surface area contributed by atoms with E-state index in [-0.39, 0.29) is 11.9 Å². The smallest absolute Gasteiger partial charge is 0.311 e. The van der Waals surface area contributed by atoms with Crippen molar-refractivity contribution >= 4 is 23.2 Å². The summed E-state index contributed by atoms with van der Waals surface area (Å²) in [5, 5.41) is 12.2. The highest BCUT2D eigenvalue weighted by molar-refractivity contribution is 7.12. The third kappa shape index (κ3) is 2.52. The van der Waals surface area contributed by atoms with Crippen molar-refractivity contribution in [1.82, 2.24) is 5.32 Å². The molecule has 4 nitrogen and oxygen atoms in total. The van der Waals surface area contributed by atoms with Crippen molar-refractivity contribution in [2.75, 3.05) is 0 Å². The van der Waals surface area contributed by atoms with E-state index in [1.807, 2.05) is 19.9 Å². The Kier molecular flexibility index (Phi) is 3.67. The number of aliphatic carboxylic acids is 1. The van der Waals surface area contributed by atoms with E-state index in [1.54, 1.807) is 18.3 Å². The van der Waals surface area contributed by atoms with Crippen LogP contribution in [0.2, 0.25) is 0 Å². The van der Waals surface area contributed by atoms with Crippen LogP contribution in [0.5, 0.6) is 0 Å². The zero-order valence-electron chi connectivity index (χ0n) is 11.4. The lowest BCUT2D eigenvalue weighted by Crippen LogP contribution is -2.47. The van der Waals surface area contributed by atoms with Gasteiger partial charge in [-0.25, -0.2) is 0 Å². The number of carboxylic acid groups (broad SMARTS) is 1. The van der Waals surface area contributed by atoms with Gasteiger partial charge in [-0.3, -0.25) is 9.59 Å². The second-order valence-electron chi connectivity index (χ2n) is 5.47. The van der Waals surface area contributed by atoms with Crippen molar-refractivity contribution in [3.63, 3.8) is 0 Å². The number of hydrogen-bond acceptors (Lipinski definition) is 3. The number of aryl methyl sites for hydroxylation is 2. The first-order valence-corrected chi connectivity index (χ1v) is 7.27. The average molecular weight is 281 g/mol. The summed E-state index contributed by atoms with van der Waals surface area (Å²) in [7, 11) is 0. The van der Waals surface area contributed by atoms with Crippen molar-refractivity contribution in [2.45, 2.75) is 46.1 Å². The van der Waals surface area contributed by atoms with E-state index in [1.165, 1.54) is 0 Å². The lowest BCUT2D eigenvalue weighted by Gasteiger charge is -2.27. The summed E-state index contributed by atoms with van der Waals surface area (Å²) in [5.74, 6) is -0.977. The van der Waals surface area contributed by atoms with Crippen LogP contribution in [0, 0.1) is 19.3 Å². The molecule has 2 unspecified atom stereocenters. The van der Waals surface area contributed by atoms with Crippen LogP contribution in [0.1, 0.15) is 46.3 Å². The number of carbonyl (C=O) groups is 2. The van der Waals surface area contributed by atoms with Crippen molar-refractivity contribution in [1.29, 1.82) is 0 Å². The molecule has 1 fully saturated rings. The molecule has 2 rings (SSSR count). The molecule has 1 aliphatic rings. The molecule has 1 amide bonds. The zero-order chi connectivity index (χ0) is 14.2. The Morgan fingerprint density at radius 1 is 1.47 bits per heavy atom. The molecule has 0 spiro atoms. The summed E-state index contributed by atoms with van der Waals surface area (Å²) < 4.78 is 0. The van der Waals surface area contributed by atoms with E-state index >= 15 is 0 Å². The molecule has 0 aromatic carbocycles. The van der Waals surface area contributed by atoms with Crippen LogP contribution >= 0.6 is 11.3 Å². The van der Waals surface area contributed by atoms with Gasteiger partial charge < -0.3 is 10.4 Å². The number of amides is 1. The second kappa shape index (κ2) is 4.96. The zero-order valence-corrected chi connectivity index (χ0v) is 12.3. The van der Waals surface area contributed by atoms with E-state index in [0.717, 1.165) is 22.6 Å². The molecule has 2 atom stereocenters. The Bertz CT molecular complexity index is 523. The minimum absolute atomic E-state index is 0.152. The van der Waals surface area contributed by atoms with Gasteiger partial charge in [-0.05, 0) is 39.7 Å². The highest BCUT2D eigenvalue weighted by Crippen LogP contribution is 2.38. The highest BCUT2D eigenvalue weighted by atomic mass is 32.1. The minimum Gasteiger partial charge on any atom is -0.481 e. The maximum Gasteiger partial charge on any atom is 0.311 e. The predicted octanol–water partition coefficient (Wildman–Crippen LogP) is 2.74. The average Bonchev–Trinajstić information content (AvgIpc) is 2.84. The van der Waals surface area contributed by atoms with Gasteiger partial charge in [0.25, 0.3) is 5.91 Å². The standard InChI is InChI=1S/C14H19NO3S/c1-8-7-10(9(2)19-8)12(16)15-11-5-4-6-14(11,3)13(17)18/h7,11H,4-6H2,1-3H3,(H,15,16)(H,17,18). The van der Waals surface area contributed by atoms with Gasteiger partial charge in [0.15, 0.2) is 0 Å². The van der Waals surface area contributed by atoms with Gasteiger partial charge in [-0.2, -0.15) is 0 Å². The fourth-order valence-corrected chi connectivity index (χ4v) is 3.67. The second-order valence-corrected chi connectivity index (χ2v) is 6.93. The van der Waals surface area contributed by atoms with Crippen LogP contribution in [-0.2, 0) is 4.79 Å². The van der Waals surface area contributed by atoms with Gasteiger partial charge in [-0.15, -0.1) is 11.3 Å². The lowest BCUT2D eigenvalue weighted by molar-refractivity contribution is -0.148. The number of nitrogens with one attached hydrogen (secondary N) is 1. The predicted molar refractivity (Wildman–Crippen MR) is 74.6 cm³/mol. The van der Waals surface area contributed by atoms with Gasteiger partial charge in [0, 0.05) is 15.8 Å². The van der Waals surface area contributed by atoms with E-state index in [9.17, 15) is 14.7 Å². The largest absolute Gasteiger partial charge is 0.481 e. The summed E-state index contributed by atoms with van der Waals surface area (Å²) in [5.41, 5.74) is -0.170. The molecule has 1 heterocycles. The quantitative estimate of drug-likeness (QED) is 0.895. The minimum atomic E-state index is -0.839. The Morgan fingerprint density at radius 2 is 2.16 bits per heavy atom. The van der Waals surface area contributed by atoms with Crippen molar-refractivity contribution in [2.24, 2.45) is 5.41 Å². The van der Waals surface area contributed by atoms with Gasteiger partial charge in [-0.1, -0.05) is 6.42 Å². The van der Waals surface area contributed by atoms with Gasteiger partial charge >= 0.3 is 5.97 Å². The Balaban J connectivity index is 2.15. The van der Waals surface area contributed by atoms with E-state index in [0.29, 0.717) is 12.0 Å². The van der Waals surface area contributed by atoms with Crippen LogP contribution in [0.4, 0.5) is 0 Å². The summed E-state index contributed by atoms with van der Waals surface area (Å²) in [6.07, 6.45) is 2.20. The molecular formula is C14H19NO3S. The van der Waals surface area contributed by atoms with Crippen LogP contribution in [0.15, 0.2) is 6.07 Å². The third-order valence-electron chi connectivity index (χ3n) is 4.04. The van der Waals surface area contributed by atoms with E-state index in [2.05, 4.69) is 5.32 Å². The Labute approximate surface area is 116 Å². The number of carboxylic acids is 1. The number of thiophene rings is 1. The topological polar surface area (TPSA) is 66.4 Å².